The zero-order valence-electron chi connectivity index (χ0n) is 25.8. The van der Waals surface area contributed by atoms with E-state index in [1.807, 2.05) is 38.1 Å². The number of carbonyl (C=O) groups is 4. The predicted octanol–water partition coefficient (Wildman–Crippen LogP) is 4.71. The highest BCUT2D eigenvalue weighted by atomic mass is 16.6. The molecule has 1 saturated heterocycles. The number of hydrogen-bond donors (Lipinski definition) is 3. The molecule has 0 radical (unpaired) electrons. The first kappa shape index (κ1) is 31.8. The van der Waals surface area contributed by atoms with E-state index < -0.39 is 35.8 Å². The Balaban J connectivity index is 1.28. The number of hydrogen-bond acceptors (Lipinski definition) is 6. The van der Waals surface area contributed by atoms with Crippen molar-refractivity contribution in [3.8, 4) is 11.1 Å². The van der Waals surface area contributed by atoms with Crippen molar-refractivity contribution in [2.45, 2.75) is 89.9 Å². The van der Waals surface area contributed by atoms with Crippen molar-refractivity contribution in [2.24, 2.45) is 0 Å². The number of nitrogens with zero attached hydrogens (tertiary/aromatic N) is 1. The number of alkyl carbamates (subject to hydrolysis) is 1. The highest BCUT2D eigenvalue weighted by Crippen LogP contribution is 2.44. The molecule has 1 heterocycles. The highest BCUT2D eigenvalue weighted by molar-refractivity contribution is 5.91. The van der Waals surface area contributed by atoms with Crippen molar-refractivity contribution in [1.82, 2.24) is 20.9 Å². The van der Waals surface area contributed by atoms with Crippen molar-refractivity contribution in [3.63, 3.8) is 0 Å². The van der Waals surface area contributed by atoms with E-state index in [1.165, 1.54) is 4.90 Å². The lowest BCUT2D eigenvalue weighted by molar-refractivity contribution is -0.131. The van der Waals surface area contributed by atoms with E-state index in [4.69, 9.17) is 9.47 Å². The van der Waals surface area contributed by atoms with Crippen molar-refractivity contribution < 1.29 is 28.7 Å². The van der Waals surface area contributed by atoms with Crippen molar-refractivity contribution in [2.75, 3.05) is 19.7 Å². The normalized spacial score (nSPS) is 16.7. The Hall–Kier alpha value is -4.08. The number of carbonyl (C=O) groups excluding carboxylic acids is 4. The summed E-state index contributed by atoms with van der Waals surface area (Å²) in [6.45, 7) is 9.92. The number of amides is 4. The number of benzene rings is 2. The maximum Gasteiger partial charge on any atom is 0.410 e. The van der Waals surface area contributed by atoms with Crippen LogP contribution in [0, 0.1) is 0 Å². The fraction of sp³-hybridized carbons (Fsp3) is 0.515. The molecule has 2 aliphatic rings. The third-order valence-electron chi connectivity index (χ3n) is 7.53. The third-order valence-corrected chi connectivity index (χ3v) is 7.53. The summed E-state index contributed by atoms with van der Waals surface area (Å²) < 4.78 is 11.1. The standard InChI is InChI=1S/C33H44N4O6/c1-21(2)35-29(38)27(36-30(39)28-17-11-19-37(28)32(41)43-33(3,4)5)16-10-18-34-31(40)42-20-26-24-14-8-6-12-22(24)23-13-7-9-15-25(23)26/h6-9,12-15,21,26-28H,10-11,16-20H2,1-5H3,(H,34,40)(H,35,38)(H,36,39)/t27-,28-/m0/s1. The number of nitrogens with one attached hydrogen (secondary N) is 3. The first-order chi connectivity index (χ1) is 20.4. The van der Waals surface area contributed by atoms with Crippen LogP contribution in [0.2, 0.25) is 0 Å². The van der Waals surface area contributed by atoms with Crippen LogP contribution in [-0.4, -0.2) is 72.3 Å². The Labute approximate surface area is 253 Å². The van der Waals surface area contributed by atoms with Crippen LogP contribution in [0.15, 0.2) is 48.5 Å². The van der Waals surface area contributed by atoms with Gasteiger partial charge in [0.05, 0.1) is 0 Å². The topological polar surface area (TPSA) is 126 Å². The van der Waals surface area contributed by atoms with Gasteiger partial charge in [0, 0.05) is 25.0 Å². The molecule has 232 valence electrons. The van der Waals surface area contributed by atoms with Crippen molar-refractivity contribution in [1.29, 1.82) is 0 Å². The summed E-state index contributed by atoms with van der Waals surface area (Å²) in [6.07, 6.45) is 0.819. The molecule has 1 aliphatic carbocycles. The van der Waals surface area contributed by atoms with Gasteiger partial charge in [0.1, 0.15) is 24.3 Å². The summed E-state index contributed by atoms with van der Waals surface area (Å²) >= 11 is 0. The second kappa shape index (κ2) is 13.9. The van der Waals surface area contributed by atoms with Crippen LogP contribution < -0.4 is 16.0 Å². The van der Waals surface area contributed by atoms with Crippen LogP contribution in [0.3, 0.4) is 0 Å². The van der Waals surface area contributed by atoms with Crippen LogP contribution in [0.4, 0.5) is 9.59 Å². The molecule has 2 aromatic carbocycles. The molecule has 2 aromatic rings. The maximum atomic E-state index is 13.2. The molecule has 1 fully saturated rings. The first-order valence-electron chi connectivity index (χ1n) is 15.1. The summed E-state index contributed by atoms with van der Waals surface area (Å²) in [5.74, 6) is -0.739. The van der Waals surface area contributed by atoms with E-state index in [9.17, 15) is 19.2 Å². The zero-order chi connectivity index (χ0) is 31.1. The molecule has 0 aromatic heterocycles. The second-order valence-electron chi connectivity index (χ2n) is 12.5. The van der Waals surface area contributed by atoms with Crippen molar-refractivity contribution >= 4 is 24.0 Å². The lowest BCUT2D eigenvalue weighted by atomic mass is 9.98. The number of fused-ring (bicyclic) bond motifs is 3. The zero-order valence-corrected chi connectivity index (χ0v) is 25.8. The van der Waals surface area contributed by atoms with Crippen molar-refractivity contribution in [3.05, 3.63) is 59.7 Å². The van der Waals surface area contributed by atoms with Gasteiger partial charge in [0.2, 0.25) is 11.8 Å². The Morgan fingerprint density at radius 3 is 2.19 bits per heavy atom. The summed E-state index contributed by atoms with van der Waals surface area (Å²) in [7, 11) is 0. The smallest absolute Gasteiger partial charge is 0.410 e. The SMILES string of the molecule is CC(C)NC(=O)[C@H](CCCNC(=O)OCC1c2ccccc2-c2ccccc21)NC(=O)[C@@H]1CCCN1C(=O)OC(C)(C)C. The minimum absolute atomic E-state index is 0.0340. The summed E-state index contributed by atoms with van der Waals surface area (Å²) in [5, 5.41) is 8.45. The Kier molecular flexibility index (Phi) is 10.3. The Bertz CT molecular complexity index is 1270. The van der Waals surface area contributed by atoms with Gasteiger partial charge < -0.3 is 25.4 Å². The molecule has 4 amide bonds. The lowest BCUT2D eigenvalue weighted by Gasteiger charge is -2.29. The molecule has 0 spiro atoms. The minimum Gasteiger partial charge on any atom is -0.449 e. The number of rotatable bonds is 10. The molecule has 10 nitrogen and oxygen atoms in total. The van der Waals surface area contributed by atoms with E-state index in [0.29, 0.717) is 32.2 Å². The molecule has 3 N–H and O–H groups in total. The molecule has 0 saturated carbocycles. The molecule has 43 heavy (non-hydrogen) atoms. The molecule has 0 unspecified atom stereocenters. The summed E-state index contributed by atoms with van der Waals surface area (Å²) in [6, 6.07) is 14.7. The minimum atomic E-state index is -0.819. The van der Waals surface area contributed by atoms with Gasteiger partial charge in [-0.3, -0.25) is 14.5 Å². The van der Waals surface area contributed by atoms with Gasteiger partial charge in [-0.2, -0.15) is 0 Å². The molecular formula is C33H44N4O6. The highest BCUT2D eigenvalue weighted by Gasteiger charge is 2.38. The van der Waals surface area contributed by atoms with Gasteiger partial charge in [0.25, 0.3) is 0 Å². The van der Waals surface area contributed by atoms with Gasteiger partial charge in [-0.1, -0.05) is 48.5 Å². The van der Waals surface area contributed by atoms with E-state index in [0.717, 1.165) is 22.3 Å². The van der Waals surface area contributed by atoms with Gasteiger partial charge in [0.15, 0.2) is 0 Å². The fourth-order valence-corrected chi connectivity index (χ4v) is 5.65. The van der Waals surface area contributed by atoms with E-state index in [1.54, 1.807) is 20.8 Å². The molecule has 4 rings (SSSR count). The quantitative estimate of drug-likeness (QED) is 0.343. The Morgan fingerprint density at radius 2 is 1.58 bits per heavy atom. The number of ether oxygens (including phenoxy) is 2. The van der Waals surface area contributed by atoms with Gasteiger partial charge in [-0.15, -0.1) is 0 Å². The van der Waals surface area contributed by atoms with Gasteiger partial charge in [-0.25, -0.2) is 9.59 Å². The molecule has 10 heteroatoms. The third kappa shape index (κ3) is 8.27. The van der Waals surface area contributed by atoms with E-state index in [2.05, 4.69) is 40.2 Å². The average molecular weight is 593 g/mol. The van der Waals surface area contributed by atoms with Gasteiger partial charge in [-0.05, 0) is 82.6 Å². The monoisotopic (exact) mass is 592 g/mol. The lowest BCUT2D eigenvalue weighted by Crippen LogP contribution is -2.54. The molecule has 2 atom stereocenters. The van der Waals surface area contributed by atoms with Gasteiger partial charge >= 0.3 is 12.2 Å². The fourth-order valence-electron chi connectivity index (χ4n) is 5.65. The average Bonchev–Trinajstić information content (AvgIpc) is 3.56. The second-order valence-corrected chi connectivity index (χ2v) is 12.5. The molecule has 1 aliphatic heterocycles. The largest absolute Gasteiger partial charge is 0.449 e. The Morgan fingerprint density at radius 1 is 0.953 bits per heavy atom. The van der Waals surface area contributed by atoms with Crippen LogP contribution in [0.25, 0.3) is 11.1 Å². The predicted molar refractivity (Wildman–Crippen MR) is 163 cm³/mol. The van der Waals surface area contributed by atoms with Crippen LogP contribution >= 0.6 is 0 Å². The van der Waals surface area contributed by atoms with E-state index >= 15 is 0 Å². The first-order valence-corrected chi connectivity index (χ1v) is 15.1. The summed E-state index contributed by atoms with van der Waals surface area (Å²) in [5.41, 5.74) is 3.91. The van der Waals surface area contributed by atoms with Crippen LogP contribution in [0.1, 0.15) is 77.3 Å². The van der Waals surface area contributed by atoms with E-state index in [-0.39, 0.29) is 31.0 Å². The molecule has 0 bridgehead atoms. The maximum absolute atomic E-state index is 13.2. The molecular weight excluding hydrogens is 548 g/mol. The van der Waals surface area contributed by atoms with Crippen LogP contribution in [0.5, 0.6) is 0 Å². The summed E-state index contributed by atoms with van der Waals surface area (Å²) in [4.78, 5) is 52.8. The number of likely N-dealkylation sites (tertiary alicyclic amines) is 1. The van der Waals surface area contributed by atoms with Crippen LogP contribution in [-0.2, 0) is 19.1 Å².